The number of thiophene rings is 1. The van der Waals surface area contributed by atoms with Gasteiger partial charge >= 0.3 is 11.9 Å². The summed E-state index contributed by atoms with van der Waals surface area (Å²) in [5.41, 5.74) is 0.306. The molecule has 0 aromatic carbocycles. The number of carbonyl (C=O) groups is 3. The van der Waals surface area contributed by atoms with Gasteiger partial charge in [-0.15, -0.1) is 11.3 Å². The quantitative estimate of drug-likeness (QED) is 0.814. The molecular formula is C14H17NO5S. The van der Waals surface area contributed by atoms with Gasteiger partial charge < -0.3 is 15.2 Å². The first-order valence-electron chi connectivity index (χ1n) is 6.82. The summed E-state index contributed by atoms with van der Waals surface area (Å²) in [6, 6.07) is 1.58. The van der Waals surface area contributed by atoms with Gasteiger partial charge in [0.1, 0.15) is 5.00 Å². The molecule has 2 unspecified atom stereocenters. The van der Waals surface area contributed by atoms with Crippen LogP contribution in [0.5, 0.6) is 0 Å². The molecule has 1 heterocycles. The smallest absolute Gasteiger partial charge is 0.341 e. The third-order valence-electron chi connectivity index (χ3n) is 3.57. The average Bonchev–Trinajstić information content (AvgIpc) is 3.07. The van der Waals surface area contributed by atoms with Crippen LogP contribution >= 0.6 is 11.3 Å². The molecule has 6 nitrogen and oxygen atoms in total. The Labute approximate surface area is 126 Å². The molecule has 1 aliphatic carbocycles. The third kappa shape index (κ3) is 3.41. The van der Waals surface area contributed by atoms with Crippen LogP contribution in [0, 0.1) is 11.8 Å². The summed E-state index contributed by atoms with van der Waals surface area (Å²) in [6.07, 6.45) is 1.80. The minimum Gasteiger partial charge on any atom is -0.481 e. The number of carboxylic acids is 1. The van der Waals surface area contributed by atoms with E-state index in [1.807, 2.05) is 0 Å². The van der Waals surface area contributed by atoms with E-state index >= 15 is 0 Å². The summed E-state index contributed by atoms with van der Waals surface area (Å²) in [6.45, 7) is 1.96. The number of aliphatic carboxylic acids is 1. The summed E-state index contributed by atoms with van der Waals surface area (Å²) < 4.78 is 4.92. The molecule has 0 radical (unpaired) electrons. The summed E-state index contributed by atoms with van der Waals surface area (Å²) >= 11 is 1.22. The number of carboxylic acid groups (broad SMARTS) is 1. The number of esters is 1. The van der Waals surface area contributed by atoms with E-state index in [9.17, 15) is 14.4 Å². The predicted octanol–water partition coefficient (Wildman–Crippen LogP) is 2.36. The molecule has 2 atom stereocenters. The van der Waals surface area contributed by atoms with Crippen LogP contribution in [-0.2, 0) is 14.3 Å². The highest BCUT2D eigenvalue weighted by molar-refractivity contribution is 7.14. The maximum absolute atomic E-state index is 12.2. The molecule has 1 aliphatic rings. The first-order valence-corrected chi connectivity index (χ1v) is 7.70. The number of nitrogens with one attached hydrogen (secondary N) is 1. The number of anilines is 1. The van der Waals surface area contributed by atoms with Gasteiger partial charge in [-0.05, 0) is 31.2 Å². The molecule has 0 spiro atoms. The lowest BCUT2D eigenvalue weighted by Gasteiger charge is -2.15. The molecule has 0 bridgehead atoms. The minimum absolute atomic E-state index is 0.256. The molecule has 0 aliphatic heterocycles. The third-order valence-corrected chi connectivity index (χ3v) is 4.40. The Kier molecular flexibility index (Phi) is 4.95. The summed E-state index contributed by atoms with van der Waals surface area (Å²) in [7, 11) is 0. The lowest BCUT2D eigenvalue weighted by Crippen LogP contribution is -2.30. The van der Waals surface area contributed by atoms with Crippen molar-refractivity contribution in [1.29, 1.82) is 0 Å². The van der Waals surface area contributed by atoms with E-state index in [1.165, 1.54) is 11.3 Å². The van der Waals surface area contributed by atoms with Gasteiger partial charge in [-0.1, -0.05) is 6.42 Å². The van der Waals surface area contributed by atoms with E-state index in [4.69, 9.17) is 9.84 Å². The molecule has 1 amide bonds. The van der Waals surface area contributed by atoms with Gasteiger partial charge in [0.15, 0.2) is 0 Å². The van der Waals surface area contributed by atoms with Crippen molar-refractivity contribution in [2.75, 3.05) is 11.9 Å². The molecule has 1 saturated carbocycles. The van der Waals surface area contributed by atoms with E-state index in [0.717, 1.165) is 6.42 Å². The zero-order valence-electron chi connectivity index (χ0n) is 11.6. The number of rotatable bonds is 5. The lowest BCUT2D eigenvalue weighted by molar-refractivity contribution is -0.145. The van der Waals surface area contributed by atoms with Gasteiger partial charge in [-0.2, -0.15) is 0 Å². The number of carbonyl (C=O) groups excluding carboxylic acids is 2. The highest BCUT2D eigenvalue weighted by Gasteiger charge is 2.38. The van der Waals surface area contributed by atoms with E-state index in [1.54, 1.807) is 18.4 Å². The molecule has 0 saturated heterocycles. The monoisotopic (exact) mass is 311 g/mol. The highest BCUT2D eigenvalue weighted by atomic mass is 32.1. The first kappa shape index (κ1) is 15.5. The molecule has 2 N–H and O–H groups in total. The highest BCUT2D eigenvalue weighted by Crippen LogP contribution is 2.34. The summed E-state index contributed by atoms with van der Waals surface area (Å²) in [5.74, 6) is -2.96. The summed E-state index contributed by atoms with van der Waals surface area (Å²) in [4.78, 5) is 35.1. The van der Waals surface area contributed by atoms with Gasteiger partial charge in [0, 0.05) is 0 Å². The second kappa shape index (κ2) is 6.71. The van der Waals surface area contributed by atoms with Gasteiger partial charge in [-0.25, -0.2) is 4.79 Å². The number of amides is 1. The van der Waals surface area contributed by atoms with Crippen LogP contribution in [0.15, 0.2) is 11.4 Å². The van der Waals surface area contributed by atoms with Crippen molar-refractivity contribution < 1.29 is 24.2 Å². The Balaban J connectivity index is 2.08. The zero-order valence-corrected chi connectivity index (χ0v) is 12.4. The fourth-order valence-corrected chi connectivity index (χ4v) is 3.33. The topological polar surface area (TPSA) is 92.7 Å². The van der Waals surface area contributed by atoms with E-state index in [-0.39, 0.29) is 12.5 Å². The van der Waals surface area contributed by atoms with Crippen molar-refractivity contribution >= 4 is 34.2 Å². The Morgan fingerprint density at radius 2 is 2.10 bits per heavy atom. The van der Waals surface area contributed by atoms with Crippen LogP contribution in [0.25, 0.3) is 0 Å². The van der Waals surface area contributed by atoms with Crippen molar-refractivity contribution in [3.8, 4) is 0 Å². The van der Waals surface area contributed by atoms with Crippen LogP contribution in [0.4, 0.5) is 5.00 Å². The fourth-order valence-electron chi connectivity index (χ4n) is 2.55. The Hall–Kier alpha value is -1.89. The second-order valence-electron chi connectivity index (χ2n) is 4.86. The van der Waals surface area contributed by atoms with Crippen LogP contribution in [-0.4, -0.2) is 29.6 Å². The van der Waals surface area contributed by atoms with Crippen molar-refractivity contribution in [1.82, 2.24) is 0 Å². The molecule has 114 valence electrons. The molecule has 1 aromatic rings. The van der Waals surface area contributed by atoms with Gasteiger partial charge in [-0.3, -0.25) is 9.59 Å². The SMILES string of the molecule is CCOC(=O)c1ccsc1NC(=O)C1CCCC1C(=O)O. The van der Waals surface area contributed by atoms with Crippen molar-refractivity contribution in [3.05, 3.63) is 17.0 Å². The second-order valence-corrected chi connectivity index (χ2v) is 5.77. The normalized spacial score (nSPS) is 21.0. The molecule has 1 fully saturated rings. The molecule has 7 heteroatoms. The average molecular weight is 311 g/mol. The molecule has 2 rings (SSSR count). The van der Waals surface area contributed by atoms with Crippen LogP contribution in [0.2, 0.25) is 0 Å². The van der Waals surface area contributed by atoms with E-state index in [0.29, 0.717) is 23.4 Å². The van der Waals surface area contributed by atoms with Crippen molar-refractivity contribution in [2.24, 2.45) is 11.8 Å². The predicted molar refractivity (Wildman–Crippen MR) is 77.4 cm³/mol. The summed E-state index contributed by atoms with van der Waals surface area (Å²) in [5, 5.41) is 13.9. The largest absolute Gasteiger partial charge is 0.481 e. The number of hydrogen-bond acceptors (Lipinski definition) is 5. The van der Waals surface area contributed by atoms with Crippen LogP contribution in [0.3, 0.4) is 0 Å². The number of ether oxygens (including phenoxy) is 1. The molecule has 21 heavy (non-hydrogen) atoms. The van der Waals surface area contributed by atoms with Gasteiger partial charge in [0.2, 0.25) is 5.91 Å². The Morgan fingerprint density at radius 1 is 1.38 bits per heavy atom. The van der Waals surface area contributed by atoms with Gasteiger partial charge in [0.05, 0.1) is 24.0 Å². The fraction of sp³-hybridized carbons (Fsp3) is 0.500. The van der Waals surface area contributed by atoms with Crippen LogP contribution < -0.4 is 5.32 Å². The Bertz CT molecular complexity index is 553. The van der Waals surface area contributed by atoms with Crippen molar-refractivity contribution in [2.45, 2.75) is 26.2 Å². The first-order chi connectivity index (χ1) is 10.0. The Morgan fingerprint density at radius 3 is 2.76 bits per heavy atom. The molecular weight excluding hydrogens is 294 g/mol. The van der Waals surface area contributed by atoms with Crippen LogP contribution in [0.1, 0.15) is 36.5 Å². The maximum atomic E-state index is 12.2. The zero-order chi connectivity index (χ0) is 15.4. The lowest BCUT2D eigenvalue weighted by atomic mass is 9.95. The van der Waals surface area contributed by atoms with Crippen molar-refractivity contribution in [3.63, 3.8) is 0 Å². The van der Waals surface area contributed by atoms with E-state index < -0.39 is 23.8 Å². The number of hydrogen-bond donors (Lipinski definition) is 2. The molecule has 1 aromatic heterocycles. The van der Waals surface area contributed by atoms with Gasteiger partial charge in [0.25, 0.3) is 0 Å². The maximum Gasteiger partial charge on any atom is 0.341 e. The van der Waals surface area contributed by atoms with E-state index in [2.05, 4.69) is 5.32 Å². The standard InChI is InChI=1S/C14H17NO5S/c1-2-20-14(19)10-6-7-21-12(10)15-11(16)8-4-3-5-9(8)13(17)18/h6-9H,2-5H2,1H3,(H,15,16)(H,17,18). The minimum atomic E-state index is -0.940.